The van der Waals surface area contributed by atoms with Crippen LogP contribution in [-0.4, -0.2) is 37.8 Å². The molecule has 1 heterocycles. The summed E-state index contributed by atoms with van der Waals surface area (Å²) < 4.78 is 23.3. The van der Waals surface area contributed by atoms with Crippen molar-refractivity contribution in [3.8, 4) is 0 Å². The SMILES string of the molecule is Cc1cc(C)cc([C@@H]2CCCN2C(=O)CC2(CS(C)(=O)=O)CC2)c1. The molecule has 1 atom stereocenters. The predicted molar refractivity (Wildman–Crippen MR) is 95.6 cm³/mol. The normalized spacial score (nSPS) is 22.6. The molecular formula is C19H27NO3S. The van der Waals surface area contributed by atoms with E-state index < -0.39 is 9.84 Å². The Morgan fingerprint density at radius 2 is 1.83 bits per heavy atom. The smallest absolute Gasteiger partial charge is 0.223 e. The van der Waals surface area contributed by atoms with E-state index in [1.165, 1.54) is 22.9 Å². The zero-order valence-corrected chi connectivity index (χ0v) is 15.7. The van der Waals surface area contributed by atoms with Gasteiger partial charge in [0.2, 0.25) is 5.91 Å². The molecule has 0 bridgehead atoms. The van der Waals surface area contributed by atoms with Crippen molar-refractivity contribution in [2.45, 2.75) is 52.0 Å². The van der Waals surface area contributed by atoms with Crippen LogP contribution in [0.25, 0.3) is 0 Å². The van der Waals surface area contributed by atoms with Crippen molar-refractivity contribution >= 4 is 15.7 Å². The number of rotatable bonds is 5. The van der Waals surface area contributed by atoms with Gasteiger partial charge in [-0.3, -0.25) is 4.79 Å². The molecule has 1 aromatic rings. The number of aryl methyl sites for hydroxylation is 2. The molecule has 1 aromatic carbocycles. The second-order valence-corrected chi connectivity index (χ2v) is 10.1. The number of hydrogen-bond acceptors (Lipinski definition) is 3. The molecule has 0 aromatic heterocycles. The molecule has 0 unspecified atom stereocenters. The average molecular weight is 349 g/mol. The van der Waals surface area contributed by atoms with Crippen LogP contribution in [-0.2, 0) is 14.6 Å². The largest absolute Gasteiger partial charge is 0.336 e. The van der Waals surface area contributed by atoms with Crippen LogP contribution in [0.2, 0.25) is 0 Å². The first-order valence-electron chi connectivity index (χ1n) is 8.73. The summed E-state index contributed by atoms with van der Waals surface area (Å²) >= 11 is 0. The van der Waals surface area contributed by atoms with E-state index in [0.29, 0.717) is 6.42 Å². The number of sulfone groups is 1. The molecule has 0 N–H and O–H groups in total. The Bertz CT molecular complexity index is 730. The quantitative estimate of drug-likeness (QED) is 0.820. The summed E-state index contributed by atoms with van der Waals surface area (Å²) in [7, 11) is -3.04. The van der Waals surface area contributed by atoms with E-state index in [9.17, 15) is 13.2 Å². The van der Waals surface area contributed by atoms with Gasteiger partial charge >= 0.3 is 0 Å². The highest BCUT2D eigenvalue weighted by Crippen LogP contribution is 2.50. The van der Waals surface area contributed by atoms with Gasteiger partial charge in [0, 0.05) is 19.2 Å². The van der Waals surface area contributed by atoms with Crippen LogP contribution >= 0.6 is 0 Å². The van der Waals surface area contributed by atoms with E-state index in [1.807, 2.05) is 4.90 Å². The van der Waals surface area contributed by atoms with Crippen molar-refractivity contribution in [3.63, 3.8) is 0 Å². The van der Waals surface area contributed by atoms with Gasteiger partial charge in [0.1, 0.15) is 9.84 Å². The van der Waals surface area contributed by atoms with Gasteiger partial charge in [-0.2, -0.15) is 0 Å². The van der Waals surface area contributed by atoms with E-state index >= 15 is 0 Å². The van der Waals surface area contributed by atoms with Crippen molar-refractivity contribution in [2.24, 2.45) is 5.41 Å². The van der Waals surface area contributed by atoms with Gasteiger partial charge in [-0.15, -0.1) is 0 Å². The zero-order chi connectivity index (χ0) is 17.5. The maximum absolute atomic E-state index is 12.9. The van der Waals surface area contributed by atoms with Crippen LogP contribution in [0.4, 0.5) is 0 Å². The first kappa shape index (κ1) is 17.5. The lowest BCUT2D eigenvalue weighted by Gasteiger charge is -2.27. The lowest BCUT2D eigenvalue weighted by Crippen LogP contribution is -2.33. The summed E-state index contributed by atoms with van der Waals surface area (Å²) in [6.07, 6.45) is 5.37. The van der Waals surface area contributed by atoms with Gasteiger partial charge in [0.05, 0.1) is 11.8 Å². The number of amides is 1. The van der Waals surface area contributed by atoms with E-state index in [4.69, 9.17) is 0 Å². The maximum Gasteiger partial charge on any atom is 0.223 e. The molecule has 2 fully saturated rings. The van der Waals surface area contributed by atoms with Gasteiger partial charge < -0.3 is 4.90 Å². The minimum atomic E-state index is -3.04. The molecule has 4 nitrogen and oxygen atoms in total. The van der Waals surface area contributed by atoms with Gasteiger partial charge in [0.15, 0.2) is 0 Å². The molecule has 3 rings (SSSR count). The first-order chi connectivity index (χ1) is 11.2. The molecule has 24 heavy (non-hydrogen) atoms. The second-order valence-electron chi connectivity index (χ2n) is 7.91. The molecular weight excluding hydrogens is 322 g/mol. The van der Waals surface area contributed by atoms with Crippen LogP contribution in [0.3, 0.4) is 0 Å². The Labute approximate surface area is 145 Å². The minimum absolute atomic E-state index is 0.123. The van der Waals surface area contributed by atoms with E-state index in [-0.39, 0.29) is 23.1 Å². The summed E-state index contributed by atoms with van der Waals surface area (Å²) in [4.78, 5) is 14.9. The zero-order valence-electron chi connectivity index (χ0n) is 14.8. The number of benzene rings is 1. The number of likely N-dealkylation sites (tertiary alicyclic amines) is 1. The maximum atomic E-state index is 12.9. The second kappa shape index (κ2) is 6.17. The highest BCUT2D eigenvalue weighted by Gasteiger charge is 2.48. The molecule has 1 saturated heterocycles. The fourth-order valence-electron chi connectivity index (χ4n) is 4.14. The van der Waals surface area contributed by atoms with Gasteiger partial charge in [-0.25, -0.2) is 8.42 Å². The Hall–Kier alpha value is -1.36. The molecule has 0 radical (unpaired) electrons. The Morgan fingerprint density at radius 1 is 1.21 bits per heavy atom. The Kier molecular flexibility index (Phi) is 4.49. The molecule has 1 aliphatic carbocycles. The third-order valence-electron chi connectivity index (χ3n) is 5.25. The first-order valence-corrected chi connectivity index (χ1v) is 10.8. The van der Waals surface area contributed by atoms with Crippen molar-refractivity contribution in [1.82, 2.24) is 4.90 Å². The molecule has 5 heteroatoms. The summed E-state index contributed by atoms with van der Waals surface area (Å²) in [5.41, 5.74) is 3.37. The van der Waals surface area contributed by atoms with E-state index in [2.05, 4.69) is 32.0 Å². The van der Waals surface area contributed by atoms with Crippen molar-refractivity contribution in [1.29, 1.82) is 0 Å². The Balaban J connectivity index is 1.74. The lowest BCUT2D eigenvalue weighted by atomic mass is 9.98. The minimum Gasteiger partial charge on any atom is -0.336 e. The number of carbonyl (C=O) groups excluding carboxylic acids is 1. The molecule has 1 amide bonds. The predicted octanol–water partition coefficient (Wildman–Crippen LogP) is 3.18. The van der Waals surface area contributed by atoms with Crippen molar-refractivity contribution in [2.75, 3.05) is 18.6 Å². The summed E-state index contributed by atoms with van der Waals surface area (Å²) in [5.74, 6) is 0.270. The van der Waals surface area contributed by atoms with Crippen molar-refractivity contribution in [3.05, 3.63) is 34.9 Å². The number of nitrogens with zero attached hydrogens (tertiary/aromatic N) is 1. The van der Waals surface area contributed by atoms with Crippen LogP contribution in [0.15, 0.2) is 18.2 Å². The monoisotopic (exact) mass is 349 g/mol. The summed E-state index contributed by atoms with van der Waals surface area (Å²) in [6, 6.07) is 6.64. The lowest BCUT2D eigenvalue weighted by molar-refractivity contribution is -0.133. The topological polar surface area (TPSA) is 54.5 Å². The van der Waals surface area contributed by atoms with Gasteiger partial charge in [-0.05, 0) is 50.5 Å². The van der Waals surface area contributed by atoms with Gasteiger partial charge in [0.25, 0.3) is 0 Å². The summed E-state index contributed by atoms with van der Waals surface area (Å²) in [5, 5.41) is 0. The van der Waals surface area contributed by atoms with Crippen LogP contribution < -0.4 is 0 Å². The number of carbonyl (C=O) groups is 1. The van der Waals surface area contributed by atoms with Gasteiger partial charge in [-0.1, -0.05) is 29.3 Å². The molecule has 1 aliphatic heterocycles. The molecule has 1 saturated carbocycles. The number of hydrogen-bond donors (Lipinski definition) is 0. The third kappa shape index (κ3) is 4.00. The standard InChI is InChI=1S/C19H27NO3S/c1-14-9-15(2)11-16(10-14)17-5-4-8-20(17)18(21)12-19(6-7-19)13-24(3,22)23/h9-11,17H,4-8,12-13H2,1-3H3/t17-/m0/s1. The molecule has 2 aliphatic rings. The van der Waals surface area contributed by atoms with Crippen LogP contribution in [0.1, 0.15) is 54.8 Å². The van der Waals surface area contributed by atoms with Crippen molar-refractivity contribution < 1.29 is 13.2 Å². The summed E-state index contributed by atoms with van der Waals surface area (Å²) in [6.45, 7) is 4.96. The molecule has 0 spiro atoms. The third-order valence-corrected chi connectivity index (χ3v) is 6.39. The molecule has 132 valence electrons. The fraction of sp³-hybridized carbons (Fsp3) is 0.632. The van der Waals surface area contributed by atoms with E-state index in [0.717, 1.165) is 32.2 Å². The highest BCUT2D eigenvalue weighted by molar-refractivity contribution is 7.90. The van der Waals surface area contributed by atoms with E-state index in [1.54, 1.807) is 0 Å². The van der Waals surface area contributed by atoms with Crippen LogP contribution in [0, 0.1) is 19.3 Å². The van der Waals surface area contributed by atoms with Crippen LogP contribution in [0.5, 0.6) is 0 Å². The highest BCUT2D eigenvalue weighted by atomic mass is 32.2. The fourth-order valence-corrected chi connectivity index (χ4v) is 5.64. The Morgan fingerprint density at radius 3 is 2.38 bits per heavy atom. The average Bonchev–Trinajstić information content (AvgIpc) is 3.00.